The SMILES string of the molecule is COc1ccc(OC)c(NC(=O)C(C)Sc2nc3sc(C)c(C)c3c(=O)n2C2CCCC2)c1. The summed E-state index contributed by atoms with van der Waals surface area (Å²) in [4.78, 5) is 33.4. The Balaban J connectivity index is 1.66. The molecule has 33 heavy (non-hydrogen) atoms. The molecule has 1 fully saturated rings. The van der Waals surface area contributed by atoms with Gasteiger partial charge in [-0.05, 0) is 51.3 Å². The summed E-state index contributed by atoms with van der Waals surface area (Å²) in [6.45, 7) is 5.83. The van der Waals surface area contributed by atoms with Crippen LogP contribution in [0.15, 0.2) is 28.2 Å². The van der Waals surface area contributed by atoms with Crippen molar-refractivity contribution < 1.29 is 14.3 Å². The topological polar surface area (TPSA) is 82.5 Å². The van der Waals surface area contributed by atoms with E-state index in [1.165, 1.54) is 23.1 Å². The Kier molecular flexibility index (Phi) is 6.99. The Morgan fingerprint density at radius 3 is 2.64 bits per heavy atom. The Morgan fingerprint density at radius 2 is 1.97 bits per heavy atom. The van der Waals surface area contributed by atoms with Crippen LogP contribution in [0.3, 0.4) is 0 Å². The Morgan fingerprint density at radius 1 is 1.24 bits per heavy atom. The maximum absolute atomic E-state index is 13.6. The molecule has 1 aliphatic rings. The van der Waals surface area contributed by atoms with Crippen molar-refractivity contribution in [2.75, 3.05) is 19.5 Å². The van der Waals surface area contributed by atoms with E-state index >= 15 is 0 Å². The molecule has 7 nitrogen and oxygen atoms in total. The Labute approximate surface area is 201 Å². The number of nitrogens with zero attached hydrogens (tertiary/aromatic N) is 2. The second-order valence-electron chi connectivity index (χ2n) is 8.29. The first-order valence-corrected chi connectivity index (χ1v) is 12.8. The van der Waals surface area contributed by atoms with Gasteiger partial charge in [0.2, 0.25) is 5.91 Å². The monoisotopic (exact) mass is 487 g/mol. The molecule has 0 spiro atoms. The van der Waals surface area contributed by atoms with Gasteiger partial charge in [-0.25, -0.2) is 4.98 Å². The van der Waals surface area contributed by atoms with Crippen LogP contribution in [0.5, 0.6) is 11.5 Å². The van der Waals surface area contributed by atoms with Crippen molar-refractivity contribution in [2.24, 2.45) is 0 Å². The van der Waals surface area contributed by atoms with E-state index in [1.54, 1.807) is 32.4 Å². The summed E-state index contributed by atoms with van der Waals surface area (Å²) in [6, 6.07) is 5.38. The molecule has 1 aromatic carbocycles. The molecule has 1 saturated carbocycles. The molecule has 3 aromatic rings. The normalized spacial score (nSPS) is 15.1. The van der Waals surface area contributed by atoms with Gasteiger partial charge in [0.1, 0.15) is 16.3 Å². The number of thiophene rings is 1. The number of thioether (sulfide) groups is 1. The van der Waals surface area contributed by atoms with Gasteiger partial charge in [-0.3, -0.25) is 14.2 Å². The summed E-state index contributed by atoms with van der Waals surface area (Å²) in [7, 11) is 3.13. The van der Waals surface area contributed by atoms with Crippen LogP contribution in [-0.4, -0.2) is 34.9 Å². The number of amides is 1. The number of ether oxygens (including phenoxy) is 2. The number of hydrogen-bond acceptors (Lipinski definition) is 7. The molecular formula is C24H29N3O4S2. The van der Waals surface area contributed by atoms with Crippen molar-refractivity contribution in [2.45, 2.75) is 62.9 Å². The number of fused-ring (bicyclic) bond motifs is 1. The smallest absolute Gasteiger partial charge is 0.263 e. The molecule has 0 aliphatic heterocycles. The highest BCUT2D eigenvalue weighted by Gasteiger charge is 2.27. The summed E-state index contributed by atoms with van der Waals surface area (Å²) < 4.78 is 12.5. The molecular weight excluding hydrogens is 458 g/mol. The average Bonchev–Trinajstić information content (AvgIpc) is 3.42. The molecule has 176 valence electrons. The first-order valence-electron chi connectivity index (χ1n) is 11.1. The zero-order chi connectivity index (χ0) is 23.7. The number of carbonyl (C=O) groups is 1. The minimum Gasteiger partial charge on any atom is -0.497 e. The number of benzene rings is 1. The van der Waals surface area contributed by atoms with Crippen LogP contribution >= 0.6 is 23.1 Å². The predicted octanol–water partition coefficient (Wildman–Crippen LogP) is 5.33. The molecule has 2 aromatic heterocycles. The predicted molar refractivity (Wildman–Crippen MR) is 134 cm³/mol. The lowest BCUT2D eigenvalue weighted by Gasteiger charge is -2.20. The first kappa shape index (κ1) is 23.6. The van der Waals surface area contributed by atoms with Crippen LogP contribution in [0.1, 0.15) is 49.1 Å². The highest BCUT2D eigenvalue weighted by molar-refractivity contribution is 8.00. The first-order chi connectivity index (χ1) is 15.8. The number of carbonyl (C=O) groups excluding carboxylic acids is 1. The third-order valence-corrected chi connectivity index (χ3v) is 8.38. The highest BCUT2D eigenvalue weighted by Crippen LogP contribution is 2.36. The van der Waals surface area contributed by atoms with E-state index in [-0.39, 0.29) is 17.5 Å². The van der Waals surface area contributed by atoms with E-state index in [4.69, 9.17) is 14.5 Å². The van der Waals surface area contributed by atoms with Gasteiger partial charge < -0.3 is 14.8 Å². The lowest BCUT2D eigenvalue weighted by molar-refractivity contribution is -0.115. The Bertz CT molecular complexity index is 1240. The van der Waals surface area contributed by atoms with Crippen molar-refractivity contribution in [3.63, 3.8) is 0 Å². The van der Waals surface area contributed by atoms with Crippen LogP contribution in [0.4, 0.5) is 5.69 Å². The van der Waals surface area contributed by atoms with Crippen molar-refractivity contribution in [1.29, 1.82) is 0 Å². The Hall–Kier alpha value is -2.52. The molecule has 0 saturated heterocycles. The summed E-state index contributed by atoms with van der Waals surface area (Å²) in [6.07, 6.45) is 4.13. The molecule has 1 amide bonds. The van der Waals surface area contributed by atoms with E-state index in [9.17, 15) is 9.59 Å². The molecule has 1 aliphatic carbocycles. The van der Waals surface area contributed by atoms with E-state index in [0.29, 0.717) is 27.7 Å². The van der Waals surface area contributed by atoms with Gasteiger partial charge in [-0.2, -0.15) is 0 Å². The van der Waals surface area contributed by atoms with Crippen LogP contribution in [-0.2, 0) is 4.79 Å². The van der Waals surface area contributed by atoms with Gasteiger partial charge in [-0.15, -0.1) is 11.3 Å². The second-order valence-corrected chi connectivity index (χ2v) is 10.8. The van der Waals surface area contributed by atoms with Crippen LogP contribution in [0.25, 0.3) is 10.2 Å². The minimum atomic E-state index is -0.472. The largest absolute Gasteiger partial charge is 0.497 e. The third-order valence-electron chi connectivity index (χ3n) is 6.21. The maximum Gasteiger partial charge on any atom is 0.263 e. The molecule has 1 atom stereocenters. The summed E-state index contributed by atoms with van der Waals surface area (Å²) in [5.41, 5.74) is 1.56. The van der Waals surface area contributed by atoms with Crippen LogP contribution in [0, 0.1) is 13.8 Å². The van der Waals surface area contributed by atoms with Gasteiger partial charge in [0.05, 0.1) is 30.5 Å². The number of aromatic nitrogens is 2. The summed E-state index contributed by atoms with van der Waals surface area (Å²) in [5.74, 6) is 0.975. The van der Waals surface area contributed by atoms with E-state index in [1.807, 2.05) is 25.3 Å². The van der Waals surface area contributed by atoms with Crippen molar-refractivity contribution in [3.05, 3.63) is 39.0 Å². The van der Waals surface area contributed by atoms with Crippen LogP contribution < -0.4 is 20.3 Å². The van der Waals surface area contributed by atoms with Crippen molar-refractivity contribution >= 4 is 44.9 Å². The van der Waals surface area contributed by atoms with Gasteiger partial charge in [-0.1, -0.05) is 24.6 Å². The van der Waals surface area contributed by atoms with E-state index < -0.39 is 5.25 Å². The average molecular weight is 488 g/mol. The maximum atomic E-state index is 13.6. The highest BCUT2D eigenvalue weighted by atomic mass is 32.2. The van der Waals surface area contributed by atoms with Crippen LogP contribution in [0.2, 0.25) is 0 Å². The van der Waals surface area contributed by atoms with E-state index in [0.717, 1.165) is 41.0 Å². The van der Waals surface area contributed by atoms with Crippen molar-refractivity contribution in [3.8, 4) is 11.5 Å². The third kappa shape index (κ3) is 4.61. The van der Waals surface area contributed by atoms with Gasteiger partial charge in [0.15, 0.2) is 5.16 Å². The molecule has 1 unspecified atom stereocenters. The zero-order valence-electron chi connectivity index (χ0n) is 19.6. The van der Waals surface area contributed by atoms with Gasteiger partial charge in [0, 0.05) is 17.0 Å². The van der Waals surface area contributed by atoms with Gasteiger partial charge in [0.25, 0.3) is 5.56 Å². The lowest BCUT2D eigenvalue weighted by atomic mass is 10.2. The molecule has 1 N–H and O–H groups in total. The fourth-order valence-corrected chi connectivity index (χ4v) is 6.26. The quantitative estimate of drug-likeness (QED) is 0.358. The number of methoxy groups -OCH3 is 2. The molecule has 9 heteroatoms. The lowest BCUT2D eigenvalue weighted by Crippen LogP contribution is -2.29. The molecule has 4 rings (SSSR count). The number of nitrogens with one attached hydrogen (secondary N) is 1. The number of anilines is 1. The minimum absolute atomic E-state index is 0.0123. The number of hydrogen-bond donors (Lipinski definition) is 1. The fourth-order valence-electron chi connectivity index (χ4n) is 4.21. The van der Waals surface area contributed by atoms with Crippen molar-refractivity contribution in [1.82, 2.24) is 9.55 Å². The number of aryl methyl sites for hydroxylation is 2. The molecule has 0 bridgehead atoms. The summed E-state index contributed by atoms with van der Waals surface area (Å²) in [5, 5.41) is 3.79. The zero-order valence-corrected chi connectivity index (χ0v) is 21.2. The molecule has 2 heterocycles. The second kappa shape index (κ2) is 9.77. The number of rotatable bonds is 7. The molecule has 0 radical (unpaired) electrons. The standard InChI is InChI=1S/C24H29N3O4S2/c1-13-14(2)32-22-20(13)23(29)27(16-8-6-7-9-16)24(26-22)33-15(3)21(28)25-18-12-17(30-4)10-11-19(18)31-5/h10-12,15-16H,6-9H2,1-5H3,(H,25,28). The fraction of sp³-hybridized carbons (Fsp3) is 0.458. The van der Waals surface area contributed by atoms with E-state index in [2.05, 4.69) is 5.32 Å². The summed E-state index contributed by atoms with van der Waals surface area (Å²) >= 11 is 2.86. The van der Waals surface area contributed by atoms with Gasteiger partial charge >= 0.3 is 0 Å².